The molecule has 1 N–H and O–H groups in total. The Hall–Kier alpha value is -3.35. The lowest BCUT2D eigenvalue weighted by Gasteiger charge is -2.17. The van der Waals surface area contributed by atoms with Gasteiger partial charge in [-0.25, -0.2) is 4.39 Å². The van der Waals surface area contributed by atoms with E-state index in [2.05, 4.69) is 5.32 Å². The number of aromatic nitrogens is 1. The Morgan fingerprint density at radius 2 is 1.84 bits per heavy atom. The Bertz CT molecular complexity index is 1140. The molecule has 0 aliphatic heterocycles. The summed E-state index contributed by atoms with van der Waals surface area (Å²) in [6.45, 7) is 4.92. The average molecular weight is 441 g/mol. The molecule has 0 saturated carbocycles. The van der Waals surface area contributed by atoms with Gasteiger partial charge >= 0.3 is 0 Å². The van der Waals surface area contributed by atoms with Crippen molar-refractivity contribution in [3.8, 4) is 22.6 Å². The number of nitrogens with one attached hydrogen (secondary N) is 1. The number of ether oxygens (including phenoxy) is 2. The number of methoxy groups -OCH3 is 1. The highest BCUT2D eigenvalue weighted by Crippen LogP contribution is 2.29. The lowest BCUT2D eigenvalue weighted by molar-refractivity contribution is -0.121. The Morgan fingerprint density at radius 3 is 2.50 bits per heavy atom. The molecule has 0 spiro atoms. The van der Waals surface area contributed by atoms with Crippen molar-refractivity contribution in [3.63, 3.8) is 0 Å². The number of unbranched alkanes of at least 4 members (excludes halogenated alkanes) is 1. The molecule has 1 aromatic heterocycles. The van der Waals surface area contributed by atoms with E-state index in [9.17, 15) is 14.0 Å². The third-order valence-electron chi connectivity index (χ3n) is 5.16. The molecule has 0 atom stereocenters. The van der Waals surface area contributed by atoms with Crippen LogP contribution in [0.2, 0.25) is 0 Å². The molecule has 170 valence electrons. The van der Waals surface area contributed by atoms with Crippen LogP contribution in [0, 0.1) is 5.82 Å². The lowest BCUT2D eigenvalue weighted by atomic mass is 10.0. The van der Waals surface area contributed by atoms with E-state index in [1.807, 2.05) is 13.8 Å². The number of pyridine rings is 1. The number of carbonyl (C=O) groups excluding carboxylic acids is 1. The minimum Gasteiger partial charge on any atom is -0.497 e. The molecule has 0 aliphatic rings. The van der Waals surface area contributed by atoms with Gasteiger partial charge in [-0.3, -0.25) is 9.59 Å². The topological polar surface area (TPSA) is 69.6 Å². The highest BCUT2D eigenvalue weighted by atomic mass is 19.1. The molecule has 0 aliphatic carbocycles. The zero-order valence-electron chi connectivity index (χ0n) is 18.7. The van der Waals surface area contributed by atoms with Gasteiger partial charge in [-0.1, -0.05) is 32.4 Å². The van der Waals surface area contributed by atoms with Crippen LogP contribution in [0.25, 0.3) is 22.0 Å². The highest BCUT2D eigenvalue weighted by Gasteiger charge is 2.19. The second-order valence-corrected chi connectivity index (χ2v) is 7.55. The fourth-order valence-electron chi connectivity index (χ4n) is 3.51. The number of hydrogen-bond acceptors (Lipinski definition) is 4. The lowest BCUT2D eigenvalue weighted by Crippen LogP contribution is -2.29. The van der Waals surface area contributed by atoms with Gasteiger partial charge in [-0.15, -0.1) is 0 Å². The predicted octanol–water partition coefficient (Wildman–Crippen LogP) is 4.52. The Balaban J connectivity index is 2.18. The number of amides is 1. The molecule has 0 saturated heterocycles. The second kappa shape index (κ2) is 10.8. The smallest absolute Gasteiger partial charge is 0.239 e. The number of nitrogens with zero attached hydrogens (tertiary/aromatic N) is 1. The first-order chi connectivity index (χ1) is 15.5. The van der Waals surface area contributed by atoms with Crippen molar-refractivity contribution in [2.45, 2.75) is 39.7 Å². The zero-order valence-corrected chi connectivity index (χ0v) is 18.7. The fourth-order valence-corrected chi connectivity index (χ4v) is 3.51. The molecular formula is C25H29FN2O4. The molecule has 3 rings (SSSR count). The fraction of sp³-hybridized carbons (Fsp3) is 0.360. The number of halogens is 1. The Morgan fingerprint density at radius 1 is 1.09 bits per heavy atom. The van der Waals surface area contributed by atoms with Crippen LogP contribution in [-0.2, 0) is 11.3 Å². The highest BCUT2D eigenvalue weighted by molar-refractivity contribution is 5.90. The molecule has 1 heterocycles. The third-order valence-corrected chi connectivity index (χ3v) is 5.16. The predicted molar refractivity (Wildman–Crippen MR) is 124 cm³/mol. The molecule has 2 aromatic carbocycles. The molecule has 32 heavy (non-hydrogen) atoms. The molecule has 3 aromatic rings. The van der Waals surface area contributed by atoms with Crippen molar-refractivity contribution in [3.05, 3.63) is 58.6 Å². The number of carbonyl (C=O) groups is 1. The van der Waals surface area contributed by atoms with Gasteiger partial charge in [0.1, 0.15) is 23.9 Å². The molecule has 6 nitrogen and oxygen atoms in total. The van der Waals surface area contributed by atoms with Crippen molar-refractivity contribution in [2.24, 2.45) is 0 Å². The summed E-state index contributed by atoms with van der Waals surface area (Å²) in [7, 11) is 1.56. The molecule has 0 bridgehead atoms. The maximum Gasteiger partial charge on any atom is 0.239 e. The van der Waals surface area contributed by atoms with Crippen LogP contribution in [-0.4, -0.2) is 30.7 Å². The summed E-state index contributed by atoms with van der Waals surface area (Å²) >= 11 is 0. The second-order valence-electron chi connectivity index (χ2n) is 7.55. The third kappa shape index (κ3) is 5.10. The first-order valence-electron chi connectivity index (χ1n) is 10.9. The number of rotatable bonds is 10. The van der Waals surface area contributed by atoms with Crippen molar-refractivity contribution < 1.29 is 18.7 Å². The van der Waals surface area contributed by atoms with E-state index in [1.165, 1.54) is 12.1 Å². The van der Waals surface area contributed by atoms with E-state index in [0.717, 1.165) is 19.3 Å². The maximum atomic E-state index is 14.9. The summed E-state index contributed by atoms with van der Waals surface area (Å²) < 4.78 is 27.5. The molecular weight excluding hydrogens is 411 g/mol. The van der Waals surface area contributed by atoms with Crippen LogP contribution in [0.1, 0.15) is 33.1 Å². The van der Waals surface area contributed by atoms with E-state index in [-0.39, 0.29) is 23.4 Å². The molecule has 1 amide bonds. The van der Waals surface area contributed by atoms with Crippen LogP contribution in [0.15, 0.2) is 47.4 Å². The van der Waals surface area contributed by atoms with E-state index >= 15 is 0 Å². The SMILES string of the molecule is CCCCNC(=O)Cn1cc(-c2ccc(OC)cc2)c(=O)c2c(F)ccc(OCCC)c21. The van der Waals surface area contributed by atoms with E-state index in [0.29, 0.717) is 35.8 Å². The van der Waals surface area contributed by atoms with Gasteiger partial charge in [-0.2, -0.15) is 0 Å². The summed E-state index contributed by atoms with van der Waals surface area (Å²) in [6.07, 6.45) is 4.19. The molecule has 0 unspecified atom stereocenters. The number of fused-ring (bicyclic) bond motifs is 1. The van der Waals surface area contributed by atoms with Gasteiger partial charge in [0.2, 0.25) is 5.91 Å². The standard InChI is InChI=1S/C25H29FN2O4/c1-4-6-13-27-22(29)16-28-15-19(17-7-9-18(31-3)10-8-17)25(30)23-20(26)11-12-21(24(23)28)32-14-5-2/h7-12,15H,4-6,13-14,16H2,1-3H3,(H,27,29). The van der Waals surface area contributed by atoms with Crippen LogP contribution in [0.4, 0.5) is 4.39 Å². The summed E-state index contributed by atoms with van der Waals surface area (Å²) in [5.74, 6) is 0.161. The van der Waals surface area contributed by atoms with Gasteiger partial charge in [0, 0.05) is 18.3 Å². The summed E-state index contributed by atoms with van der Waals surface area (Å²) in [6, 6.07) is 9.68. The van der Waals surface area contributed by atoms with Gasteiger partial charge in [0.05, 0.1) is 24.6 Å². The van der Waals surface area contributed by atoms with E-state index in [4.69, 9.17) is 9.47 Å². The normalized spacial score (nSPS) is 10.9. The van der Waals surface area contributed by atoms with Gasteiger partial charge < -0.3 is 19.4 Å². The van der Waals surface area contributed by atoms with Crippen molar-refractivity contribution >= 4 is 16.8 Å². The summed E-state index contributed by atoms with van der Waals surface area (Å²) in [4.78, 5) is 25.9. The van der Waals surface area contributed by atoms with Crippen molar-refractivity contribution in [1.82, 2.24) is 9.88 Å². The van der Waals surface area contributed by atoms with Crippen LogP contribution in [0.3, 0.4) is 0 Å². The molecule has 0 fully saturated rings. The largest absolute Gasteiger partial charge is 0.497 e. The van der Waals surface area contributed by atoms with E-state index < -0.39 is 11.2 Å². The summed E-state index contributed by atoms with van der Waals surface area (Å²) in [5.41, 5.74) is 0.740. The maximum absolute atomic E-state index is 14.9. The Labute approximate surface area is 187 Å². The minimum absolute atomic E-state index is 0.0599. The van der Waals surface area contributed by atoms with Crippen LogP contribution < -0.4 is 20.2 Å². The average Bonchev–Trinajstić information content (AvgIpc) is 2.80. The quantitative estimate of drug-likeness (QED) is 0.471. The summed E-state index contributed by atoms with van der Waals surface area (Å²) in [5, 5.41) is 2.78. The van der Waals surface area contributed by atoms with Crippen molar-refractivity contribution in [1.29, 1.82) is 0 Å². The van der Waals surface area contributed by atoms with Gasteiger partial charge in [0.15, 0.2) is 5.43 Å². The molecule has 0 radical (unpaired) electrons. The van der Waals surface area contributed by atoms with Crippen LogP contribution >= 0.6 is 0 Å². The van der Waals surface area contributed by atoms with Gasteiger partial charge in [0.25, 0.3) is 0 Å². The van der Waals surface area contributed by atoms with Crippen molar-refractivity contribution in [2.75, 3.05) is 20.3 Å². The number of hydrogen-bond donors (Lipinski definition) is 1. The number of benzene rings is 2. The first kappa shape index (κ1) is 23.3. The zero-order chi connectivity index (χ0) is 23.1. The van der Waals surface area contributed by atoms with Gasteiger partial charge in [-0.05, 0) is 42.7 Å². The minimum atomic E-state index is -0.649. The molecule has 7 heteroatoms. The Kier molecular flexibility index (Phi) is 7.87. The first-order valence-corrected chi connectivity index (χ1v) is 10.9. The van der Waals surface area contributed by atoms with E-state index in [1.54, 1.807) is 42.1 Å². The van der Waals surface area contributed by atoms with Crippen LogP contribution in [0.5, 0.6) is 11.5 Å². The monoisotopic (exact) mass is 440 g/mol.